The van der Waals surface area contributed by atoms with Crippen molar-refractivity contribution in [1.29, 1.82) is 0 Å². The number of halogens is 2. The summed E-state index contributed by atoms with van der Waals surface area (Å²) in [4.78, 5) is 1.47. The maximum Gasteiger partial charge on any atom is 0.341 e. The number of hydrogen-bond acceptors (Lipinski definition) is 4. The fraction of sp³-hybridized carbons (Fsp3) is 0.600. The average Bonchev–Trinajstić information content (AvgIpc) is 2.34. The van der Waals surface area contributed by atoms with Gasteiger partial charge in [-0.1, -0.05) is 12.1 Å². The van der Waals surface area contributed by atoms with Crippen molar-refractivity contribution in [2.24, 2.45) is 0 Å². The van der Waals surface area contributed by atoms with E-state index in [1.54, 1.807) is 17.0 Å². The Labute approximate surface area is 130 Å². The Balaban J connectivity index is 2.50. The fourth-order valence-electron chi connectivity index (χ4n) is 3.01. The van der Waals surface area contributed by atoms with Gasteiger partial charge in [0, 0.05) is 13.1 Å². The molecule has 0 saturated carbocycles. The van der Waals surface area contributed by atoms with E-state index in [2.05, 4.69) is 0 Å². The number of anilines is 1. The molecule has 0 unspecified atom stereocenters. The standard InChI is InChI=1S/C15H21F2NO3S/c1-14(2)9-18(10-15(3,4)21-14)11-7-5-6-8-12(11)22(19,20)13(16)17/h5-8,13H,9-10H2,1-4H3. The minimum absolute atomic E-state index is 0.298. The lowest BCUT2D eigenvalue weighted by Gasteiger charge is -2.48. The van der Waals surface area contributed by atoms with E-state index in [1.165, 1.54) is 12.1 Å². The van der Waals surface area contributed by atoms with Gasteiger partial charge in [0.05, 0.1) is 21.8 Å². The number of morpholine rings is 1. The molecule has 1 heterocycles. The quantitative estimate of drug-likeness (QED) is 0.853. The Morgan fingerprint density at radius 2 is 1.59 bits per heavy atom. The van der Waals surface area contributed by atoms with E-state index in [0.717, 1.165) is 0 Å². The van der Waals surface area contributed by atoms with Crippen LogP contribution < -0.4 is 4.90 Å². The molecule has 2 rings (SSSR count). The Morgan fingerprint density at radius 3 is 2.09 bits per heavy atom. The molecule has 1 saturated heterocycles. The first-order chi connectivity index (χ1) is 9.95. The van der Waals surface area contributed by atoms with E-state index in [0.29, 0.717) is 18.8 Å². The van der Waals surface area contributed by atoms with Crippen molar-refractivity contribution >= 4 is 15.5 Å². The van der Waals surface area contributed by atoms with Crippen molar-refractivity contribution in [3.05, 3.63) is 24.3 Å². The van der Waals surface area contributed by atoms with E-state index >= 15 is 0 Å². The zero-order valence-corrected chi connectivity index (χ0v) is 14.0. The van der Waals surface area contributed by atoms with E-state index in [4.69, 9.17) is 4.74 Å². The van der Waals surface area contributed by atoms with Gasteiger partial charge in [-0.2, -0.15) is 8.78 Å². The molecule has 0 atom stereocenters. The molecule has 4 nitrogen and oxygen atoms in total. The lowest BCUT2D eigenvalue weighted by Crippen LogP contribution is -2.57. The van der Waals surface area contributed by atoms with Crippen LogP contribution in [0.4, 0.5) is 14.5 Å². The van der Waals surface area contributed by atoms with Crippen molar-refractivity contribution in [3.63, 3.8) is 0 Å². The highest BCUT2D eigenvalue weighted by atomic mass is 32.2. The Hall–Kier alpha value is -1.21. The maximum atomic E-state index is 12.9. The lowest BCUT2D eigenvalue weighted by atomic mass is 9.98. The molecule has 124 valence electrons. The summed E-state index contributed by atoms with van der Waals surface area (Å²) in [6.45, 7) is 8.42. The second kappa shape index (κ2) is 5.45. The predicted octanol–water partition coefficient (Wildman–Crippen LogP) is 3.08. The first kappa shape index (κ1) is 17.1. The minimum atomic E-state index is -4.65. The lowest BCUT2D eigenvalue weighted by molar-refractivity contribution is -0.133. The van der Waals surface area contributed by atoms with Crippen LogP contribution in [0.3, 0.4) is 0 Å². The van der Waals surface area contributed by atoms with Crippen molar-refractivity contribution in [3.8, 4) is 0 Å². The van der Waals surface area contributed by atoms with Crippen molar-refractivity contribution in [1.82, 2.24) is 0 Å². The summed E-state index contributed by atoms with van der Waals surface area (Å²) in [5.41, 5.74) is -0.723. The molecule has 0 aromatic heterocycles. The Bertz CT molecular complexity index is 641. The van der Waals surface area contributed by atoms with Crippen LogP contribution in [0.15, 0.2) is 29.2 Å². The average molecular weight is 333 g/mol. The molecule has 1 fully saturated rings. The molecule has 7 heteroatoms. The topological polar surface area (TPSA) is 46.6 Å². The first-order valence-electron chi connectivity index (χ1n) is 7.01. The maximum absolute atomic E-state index is 12.9. The van der Waals surface area contributed by atoms with Gasteiger partial charge in [0.2, 0.25) is 9.84 Å². The van der Waals surface area contributed by atoms with Crippen LogP contribution >= 0.6 is 0 Å². The van der Waals surface area contributed by atoms with Gasteiger partial charge in [-0.3, -0.25) is 0 Å². The summed E-state index contributed by atoms with van der Waals surface area (Å²) in [6, 6.07) is 5.89. The largest absolute Gasteiger partial charge is 0.366 e. The molecule has 0 spiro atoms. The summed E-state index contributed by atoms with van der Waals surface area (Å²) >= 11 is 0. The molecule has 0 N–H and O–H groups in total. The third kappa shape index (κ3) is 3.41. The fourth-order valence-corrected chi connectivity index (χ4v) is 3.96. The molecule has 0 radical (unpaired) electrons. The smallest absolute Gasteiger partial charge is 0.341 e. The molecule has 1 aliphatic rings. The van der Waals surface area contributed by atoms with Crippen LogP contribution in [0.25, 0.3) is 0 Å². The number of sulfone groups is 1. The van der Waals surface area contributed by atoms with Gasteiger partial charge in [0.25, 0.3) is 0 Å². The van der Waals surface area contributed by atoms with Crippen molar-refractivity contribution < 1.29 is 21.9 Å². The molecule has 22 heavy (non-hydrogen) atoms. The normalized spacial score (nSPS) is 21.1. The van der Waals surface area contributed by atoms with E-state index in [1.807, 2.05) is 27.7 Å². The van der Waals surface area contributed by atoms with Crippen molar-refractivity contribution in [2.45, 2.75) is 49.6 Å². The van der Waals surface area contributed by atoms with Crippen LogP contribution in [-0.4, -0.2) is 38.5 Å². The van der Waals surface area contributed by atoms with Crippen LogP contribution in [0.1, 0.15) is 27.7 Å². The predicted molar refractivity (Wildman–Crippen MR) is 81.1 cm³/mol. The second-order valence-corrected chi connectivity index (χ2v) is 8.64. The Kier molecular flexibility index (Phi) is 4.25. The van der Waals surface area contributed by atoms with Crippen LogP contribution in [0, 0.1) is 0 Å². The molecular weight excluding hydrogens is 312 g/mol. The third-order valence-corrected chi connectivity index (χ3v) is 4.87. The number of alkyl halides is 2. The number of nitrogens with zero attached hydrogens (tertiary/aromatic N) is 1. The van der Waals surface area contributed by atoms with Gasteiger partial charge < -0.3 is 9.64 Å². The number of hydrogen-bond donors (Lipinski definition) is 0. The second-order valence-electron chi connectivity index (χ2n) is 6.75. The molecular formula is C15H21F2NO3S. The van der Waals surface area contributed by atoms with Gasteiger partial charge in [-0.25, -0.2) is 8.42 Å². The van der Waals surface area contributed by atoms with Gasteiger partial charge in [0.1, 0.15) is 0 Å². The molecule has 1 aromatic carbocycles. The molecule has 1 aromatic rings. The zero-order chi connectivity index (χ0) is 16.8. The summed E-state index contributed by atoms with van der Waals surface area (Å²) < 4.78 is 55.6. The zero-order valence-electron chi connectivity index (χ0n) is 13.1. The van der Waals surface area contributed by atoms with E-state index < -0.39 is 26.8 Å². The van der Waals surface area contributed by atoms with Crippen LogP contribution in [0.5, 0.6) is 0 Å². The number of ether oxygens (including phenoxy) is 1. The highest BCUT2D eigenvalue weighted by Crippen LogP contribution is 2.35. The molecule has 1 aliphatic heterocycles. The third-order valence-electron chi connectivity index (χ3n) is 3.44. The van der Waals surface area contributed by atoms with Gasteiger partial charge in [0.15, 0.2) is 0 Å². The molecule has 0 amide bonds. The summed E-state index contributed by atoms with van der Waals surface area (Å²) in [7, 11) is -4.65. The van der Waals surface area contributed by atoms with Crippen LogP contribution in [0.2, 0.25) is 0 Å². The highest BCUT2D eigenvalue weighted by Gasteiger charge is 2.40. The monoisotopic (exact) mass is 333 g/mol. The molecule has 0 bridgehead atoms. The molecule has 0 aliphatic carbocycles. The summed E-state index contributed by atoms with van der Waals surface area (Å²) in [6.07, 6.45) is 0. The van der Waals surface area contributed by atoms with Gasteiger partial charge in [-0.15, -0.1) is 0 Å². The highest BCUT2D eigenvalue weighted by molar-refractivity contribution is 7.91. The Morgan fingerprint density at radius 1 is 1.09 bits per heavy atom. The SMILES string of the molecule is CC1(C)CN(c2ccccc2S(=O)(=O)C(F)F)CC(C)(C)O1. The number of rotatable bonds is 3. The number of para-hydroxylation sites is 1. The summed E-state index contributed by atoms with van der Waals surface area (Å²) in [5.74, 6) is -3.43. The number of benzene rings is 1. The first-order valence-corrected chi connectivity index (χ1v) is 8.55. The van der Waals surface area contributed by atoms with Crippen molar-refractivity contribution in [2.75, 3.05) is 18.0 Å². The summed E-state index contributed by atoms with van der Waals surface area (Å²) in [5, 5.41) is 0. The van der Waals surface area contributed by atoms with E-state index in [-0.39, 0.29) is 4.90 Å². The van der Waals surface area contributed by atoms with Gasteiger partial charge in [-0.05, 0) is 39.8 Å². The van der Waals surface area contributed by atoms with Crippen LogP contribution in [-0.2, 0) is 14.6 Å². The van der Waals surface area contributed by atoms with E-state index in [9.17, 15) is 17.2 Å². The minimum Gasteiger partial charge on any atom is -0.366 e. The van der Waals surface area contributed by atoms with Gasteiger partial charge >= 0.3 is 5.76 Å².